The Kier molecular flexibility index (Phi) is 3.94. The van der Waals surface area contributed by atoms with Crippen LogP contribution in [0.4, 0.5) is 17.2 Å². The Morgan fingerprint density at radius 3 is 2.65 bits per heavy atom. The highest BCUT2D eigenvalue weighted by Gasteiger charge is 2.12. The van der Waals surface area contributed by atoms with E-state index in [1.165, 1.54) is 36.5 Å². The lowest BCUT2D eigenvalue weighted by molar-refractivity contribution is -0.384. The van der Waals surface area contributed by atoms with E-state index in [0.29, 0.717) is 21.5 Å². The Labute approximate surface area is 122 Å². The number of nitrogens with one attached hydrogen (secondary N) is 1. The first-order valence-electron chi connectivity index (χ1n) is 5.44. The van der Waals surface area contributed by atoms with Crippen molar-refractivity contribution in [1.29, 1.82) is 0 Å². The van der Waals surface area contributed by atoms with Crippen LogP contribution in [0.5, 0.6) is 0 Å². The van der Waals surface area contributed by atoms with Crippen molar-refractivity contribution < 1.29 is 9.72 Å². The number of nitrogens with zero attached hydrogens (tertiary/aromatic N) is 2. The number of carbonyl (C=O) groups excluding carboxylic acids is 1. The minimum atomic E-state index is -0.514. The van der Waals surface area contributed by atoms with Crippen molar-refractivity contribution in [1.82, 2.24) is 4.98 Å². The maximum Gasteiger partial charge on any atom is 0.270 e. The lowest BCUT2D eigenvalue weighted by atomic mass is 10.2. The molecule has 1 aromatic heterocycles. The van der Waals surface area contributed by atoms with Gasteiger partial charge >= 0.3 is 0 Å². The lowest BCUT2D eigenvalue weighted by Gasteiger charge is -2.07. The zero-order chi connectivity index (χ0) is 14.7. The van der Waals surface area contributed by atoms with Crippen LogP contribution in [0.3, 0.4) is 0 Å². The Bertz CT molecular complexity index is 673. The summed E-state index contributed by atoms with van der Waals surface area (Å²) in [6.45, 7) is 0. The highest BCUT2D eigenvalue weighted by atomic mass is 79.9. The SMILES string of the molecule is Nc1ccc(C(=O)Nc2ccc([N+](=O)[O-])cc2Br)cn1. The van der Waals surface area contributed by atoms with E-state index in [4.69, 9.17) is 5.73 Å². The molecule has 0 saturated heterocycles. The van der Waals surface area contributed by atoms with Gasteiger partial charge in [0.1, 0.15) is 5.82 Å². The Morgan fingerprint density at radius 1 is 1.35 bits per heavy atom. The fourth-order valence-electron chi connectivity index (χ4n) is 1.45. The number of nitro groups is 1. The van der Waals surface area contributed by atoms with E-state index < -0.39 is 4.92 Å². The van der Waals surface area contributed by atoms with Gasteiger partial charge in [0.15, 0.2) is 0 Å². The Hall–Kier alpha value is -2.48. The van der Waals surface area contributed by atoms with Gasteiger partial charge in [-0.15, -0.1) is 0 Å². The third-order valence-electron chi connectivity index (χ3n) is 2.46. The van der Waals surface area contributed by atoms with E-state index in [2.05, 4.69) is 26.2 Å². The summed E-state index contributed by atoms with van der Waals surface area (Å²) in [5.41, 5.74) is 6.13. The molecule has 20 heavy (non-hydrogen) atoms. The summed E-state index contributed by atoms with van der Waals surface area (Å²) in [5, 5.41) is 13.2. The van der Waals surface area contributed by atoms with E-state index >= 15 is 0 Å². The summed E-state index contributed by atoms with van der Waals surface area (Å²) >= 11 is 3.17. The fraction of sp³-hybridized carbons (Fsp3) is 0. The number of hydrogen-bond donors (Lipinski definition) is 2. The molecular weight excluding hydrogens is 328 g/mol. The minimum absolute atomic E-state index is 0.0657. The molecule has 0 unspecified atom stereocenters. The number of benzene rings is 1. The summed E-state index contributed by atoms with van der Waals surface area (Å²) in [5.74, 6) is -0.0647. The first kappa shape index (κ1) is 13.9. The molecule has 2 aromatic rings. The second kappa shape index (κ2) is 5.66. The van der Waals surface area contributed by atoms with Crippen LogP contribution in [0.1, 0.15) is 10.4 Å². The summed E-state index contributed by atoms with van der Waals surface area (Å²) in [4.78, 5) is 25.9. The van der Waals surface area contributed by atoms with E-state index in [1.807, 2.05) is 0 Å². The molecule has 1 heterocycles. The van der Waals surface area contributed by atoms with Crippen molar-refractivity contribution >= 4 is 39.0 Å². The number of hydrogen-bond acceptors (Lipinski definition) is 5. The van der Waals surface area contributed by atoms with Crippen LogP contribution in [0.15, 0.2) is 41.0 Å². The number of nitro benzene ring substituents is 1. The maximum atomic E-state index is 11.9. The van der Waals surface area contributed by atoms with Gasteiger partial charge in [-0.1, -0.05) is 0 Å². The molecule has 0 spiro atoms. The van der Waals surface area contributed by atoms with Gasteiger partial charge in [-0.25, -0.2) is 4.98 Å². The number of amides is 1. The van der Waals surface area contributed by atoms with Gasteiger partial charge in [0.2, 0.25) is 0 Å². The highest BCUT2D eigenvalue weighted by molar-refractivity contribution is 9.10. The number of pyridine rings is 1. The topological polar surface area (TPSA) is 111 Å². The first-order chi connectivity index (χ1) is 9.47. The fourth-order valence-corrected chi connectivity index (χ4v) is 1.92. The van der Waals surface area contributed by atoms with E-state index in [9.17, 15) is 14.9 Å². The van der Waals surface area contributed by atoms with Crippen molar-refractivity contribution in [3.05, 3.63) is 56.7 Å². The second-order valence-corrected chi connectivity index (χ2v) is 4.70. The van der Waals surface area contributed by atoms with Gasteiger partial charge in [0.05, 0.1) is 16.2 Å². The largest absolute Gasteiger partial charge is 0.384 e. The van der Waals surface area contributed by atoms with Gasteiger partial charge in [-0.05, 0) is 34.1 Å². The summed E-state index contributed by atoms with van der Waals surface area (Å²) in [6, 6.07) is 7.13. The molecule has 0 radical (unpaired) electrons. The summed E-state index contributed by atoms with van der Waals surface area (Å²) in [6.07, 6.45) is 1.35. The van der Waals surface area contributed by atoms with Crippen LogP contribution in [0.25, 0.3) is 0 Å². The standard InChI is InChI=1S/C12H9BrN4O3/c13-9-5-8(17(19)20)2-3-10(9)16-12(18)7-1-4-11(14)15-6-7/h1-6H,(H2,14,15)(H,16,18). The monoisotopic (exact) mass is 336 g/mol. The number of halogens is 1. The normalized spacial score (nSPS) is 10.1. The molecule has 2 rings (SSSR count). The predicted octanol–water partition coefficient (Wildman–Crippen LogP) is 2.59. The molecule has 8 heteroatoms. The van der Waals surface area contributed by atoms with E-state index in [0.717, 1.165) is 0 Å². The van der Waals surface area contributed by atoms with Crippen LogP contribution in [0, 0.1) is 10.1 Å². The molecule has 0 bridgehead atoms. The number of non-ortho nitro benzene ring substituents is 1. The number of nitrogen functional groups attached to an aromatic ring is 1. The molecule has 0 aliphatic carbocycles. The van der Waals surface area contributed by atoms with E-state index in [1.54, 1.807) is 0 Å². The van der Waals surface area contributed by atoms with Crippen molar-refractivity contribution in [3.63, 3.8) is 0 Å². The maximum absolute atomic E-state index is 11.9. The molecule has 1 aromatic carbocycles. The van der Waals surface area contributed by atoms with Crippen LogP contribution in [-0.4, -0.2) is 15.8 Å². The van der Waals surface area contributed by atoms with Gasteiger partial charge in [0, 0.05) is 22.8 Å². The third-order valence-corrected chi connectivity index (χ3v) is 3.12. The molecule has 0 saturated carbocycles. The number of carbonyl (C=O) groups is 1. The number of nitrogens with two attached hydrogens (primary N) is 1. The smallest absolute Gasteiger partial charge is 0.270 e. The summed E-state index contributed by atoms with van der Waals surface area (Å²) in [7, 11) is 0. The highest BCUT2D eigenvalue weighted by Crippen LogP contribution is 2.27. The zero-order valence-electron chi connectivity index (χ0n) is 10.0. The van der Waals surface area contributed by atoms with Crippen molar-refractivity contribution in [2.75, 3.05) is 11.1 Å². The number of anilines is 2. The van der Waals surface area contributed by atoms with Gasteiger partial charge in [-0.2, -0.15) is 0 Å². The first-order valence-corrected chi connectivity index (χ1v) is 6.23. The van der Waals surface area contributed by atoms with Crippen molar-refractivity contribution in [2.45, 2.75) is 0 Å². The van der Waals surface area contributed by atoms with Crippen LogP contribution >= 0.6 is 15.9 Å². The average molecular weight is 337 g/mol. The van der Waals surface area contributed by atoms with Gasteiger partial charge in [-0.3, -0.25) is 14.9 Å². The second-order valence-electron chi connectivity index (χ2n) is 3.85. The molecule has 0 fully saturated rings. The molecule has 0 aliphatic heterocycles. The molecule has 0 aliphatic rings. The molecular formula is C12H9BrN4O3. The van der Waals surface area contributed by atoms with Crippen LogP contribution < -0.4 is 11.1 Å². The van der Waals surface area contributed by atoms with Gasteiger partial charge in [0.25, 0.3) is 11.6 Å². The molecule has 102 valence electrons. The number of aromatic nitrogens is 1. The molecule has 3 N–H and O–H groups in total. The van der Waals surface area contributed by atoms with Crippen molar-refractivity contribution in [3.8, 4) is 0 Å². The van der Waals surface area contributed by atoms with Crippen molar-refractivity contribution in [2.24, 2.45) is 0 Å². The molecule has 7 nitrogen and oxygen atoms in total. The van der Waals surface area contributed by atoms with Gasteiger partial charge < -0.3 is 11.1 Å². The average Bonchev–Trinajstić information content (AvgIpc) is 2.41. The number of rotatable bonds is 3. The molecule has 0 atom stereocenters. The van der Waals surface area contributed by atoms with E-state index in [-0.39, 0.29) is 11.6 Å². The summed E-state index contributed by atoms with van der Waals surface area (Å²) < 4.78 is 0.420. The Balaban J connectivity index is 2.19. The van der Waals surface area contributed by atoms with Crippen LogP contribution in [-0.2, 0) is 0 Å². The zero-order valence-corrected chi connectivity index (χ0v) is 11.6. The quantitative estimate of drug-likeness (QED) is 0.660. The minimum Gasteiger partial charge on any atom is -0.384 e. The lowest BCUT2D eigenvalue weighted by Crippen LogP contribution is -2.12. The third kappa shape index (κ3) is 3.09. The molecule has 1 amide bonds. The van der Waals surface area contributed by atoms with Crippen LogP contribution in [0.2, 0.25) is 0 Å². The Morgan fingerprint density at radius 2 is 2.10 bits per heavy atom. The predicted molar refractivity (Wildman–Crippen MR) is 77.4 cm³/mol.